The van der Waals surface area contributed by atoms with E-state index in [1.165, 1.54) is 13.2 Å². The predicted octanol–water partition coefficient (Wildman–Crippen LogP) is 2.26. The molecule has 0 aliphatic carbocycles. The number of carbonyl (C=O) groups is 3. The molecule has 0 aromatic heterocycles. The third kappa shape index (κ3) is 8.15. The number of methoxy groups -OCH3 is 1. The summed E-state index contributed by atoms with van der Waals surface area (Å²) < 4.78 is 9.54. The average Bonchev–Trinajstić information content (AvgIpc) is 2.57. The molecule has 0 aliphatic heterocycles. The molecule has 136 valence electrons. The molecule has 6 nitrogen and oxygen atoms in total. The number of rotatable bonds is 8. The number of esters is 2. The van der Waals surface area contributed by atoms with Crippen LogP contribution in [0.2, 0.25) is 0 Å². The molecule has 25 heavy (non-hydrogen) atoms. The van der Waals surface area contributed by atoms with Gasteiger partial charge in [-0.05, 0) is 30.9 Å². The van der Waals surface area contributed by atoms with Crippen molar-refractivity contribution in [1.29, 1.82) is 0 Å². The van der Waals surface area contributed by atoms with Crippen LogP contribution in [-0.2, 0) is 23.9 Å². The summed E-state index contributed by atoms with van der Waals surface area (Å²) in [5.74, 6) is -1.50. The summed E-state index contributed by atoms with van der Waals surface area (Å²) in [5.41, 5.74) is 1.98. The fourth-order valence-electron chi connectivity index (χ4n) is 2.09. The van der Waals surface area contributed by atoms with Crippen molar-refractivity contribution >= 4 is 23.9 Å². The van der Waals surface area contributed by atoms with Crippen molar-refractivity contribution in [3.63, 3.8) is 0 Å². The average molecular weight is 347 g/mol. The first-order valence-corrected chi connectivity index (χ1v) is 8.10. The highest BCUT2D eigenvalue weighted by molar-refractivity contribution is 5.90. The molecule has 0 aliphatic rings. The van der Waals surface area contributed by atoms with Gasteiger partial charge in [-0.25, -0.2) is 9.59 Å². The first kappa shape index (κ1) is 20.4. The molecule has 1 aromatic rings. The minimum atomic E-state index is -0.751. The van der Waals surface area contributed by atoms with E-state index in [0.29, 0.717) is 6.42 Å². The Bertz CT molecular complexity index is 619. The number of carbonyl (C=O) groups excluding carboxylic acids is 3. The van der Waals surface area contributed by atoms with Crippen LogP contribution in [0.4, 0.5) is 0 Å². The van der Waals surface area contributed by atoms with Gasteiger partial charge >= 0.3 is 11.9 Å². The molecule has 0 radical (unpaired) electrons. The van der Waals surface area contributed by atoms with Crippen molar-refractivity contribution in [3.8, 4) is 0 Å². The van der Waals surface area contributed by atoms with Gasteiger partial charge in [0, 0.05) is 6.08 Å². The lowest BCUT2D eigenvalue weighted by Crippen LogP contribution is -2.44. The number of hydrogen-bond donors (Lipinski definition) is 1. The predicted molar refractivity (Wildman–Crippen MR) is 94.6 cm³/mol. The lowest BCUT2D eigenvalue weighted by molar-refractivity contribution is -0.148. The maximum atomic E-state index is 11.9. The molecule has 1 unspecified atom stereocenters. The van der Waals surface area contributed by atoms with Crippen molar-refractivity contribution in [1.82, 2.24) is 5.32 Å². The van der Waals surface area contributed by atoms with E-state index in [-0.39, 0.29) is 5.92 Å². The van der Waals surface area contributed by atoms with Crippen LogP contribution in [0.25, 0.3) is 6.08 Å². The van der Waals surface area contributed by atoms with Crippen LogP contribution in [0.3, 0.4) is 0 Å². The van der Waals surface area contributed by atoms with Gasteiger partial charge < -0.3 is 14.8 Å². The molecule has 0 heterocycles. The van der Waals surface area contributed by atoms with Gasteiger partial charge in [-0.1, -0.05) is 43.7 Å². The topological polar surface area (TPSA) is 81.7 Å². The van der Waals surface area contributed by atoms with Crippen molar-refractivity contribution in [2.24, 2.45) is 5.92 Å². The molecule has 0 fully saturated rings. The second-order valence-electron chi connectivity index (χ2n) is 6.12. The fourth-order valence-corrected chi connectivity index (χ4v) is 2.09. The molecule has 0 spiro atoms. The summed E-state index contributed by atoms with van der Waals surface area (Å²) in [7, 11) is 1.26. The highest BCUT2D eigenvalue weighted by Crippen LogP contribution is 2.07. The Hall–Kier alpha value is -2.63. The fraction of sp³-hybridized carbons (Fsp3) is 0.421. The maximum absolute atomic E-state index is 11.9. The summed E-state index contributed by atoms with van der Waals surface area (Å²) in [4.78, 5) is 35.2. The summed E-state index contributed by atoms with van der Waals surface area (Å²) in [5, 5.41) is 2.52. The van der Waals surface area contributed by atoms with E-state index >= 15 is 0 Å². The Kier molecular flexibility index (Phi) is 8.39. The van der Waals surface area contributed by atoms with Gasteiger partial charge in [-0.2, -0.15) is 0 Å². The monoisotopic (exact) mass is 347 g/mol. The Morgan fingerprint density at radius 3 is 2.36 bits per heavy atom. The highest BCUT2D eigenvalue weighted by atomic mass is 16.5. The number of amides is 1. The van der Waals surface area contributed by atoms with Crippen LogP contribution in [0, 0.1) is 12.8 Å². The van der Waals surface area contributed by atoms with E-state index in [0.717, 1.165) is 11.1 Å². The first-order valence-electron chi connectivity index (χ1n) is 8.10. The lowest BCUT2D eigenvalue weighted by atomic mass is 10.0. The molecule has 6 heteroatoms. The normalized spacial score (nSPS) is 12.0. The van der Waals surface area contributed by atoms with Crippen LogP contribution >= 0.6 is 0 Å². The molecular weight excluding hydrogens is 322 g/mol. The molecule has 0 bridgehead atoms. The number of ether oxygens (including phenoxy) is 2. The largest absolute Gasteiger partial charge is 0.467 e. The Morgan fingerprint density at radius 1 is 1.16 bits per heavy atom. The summed E-state index contributed by atoms with van der Waals surface area (Å²) in [6.45, 7) is 5.37. The minimum Gasteiger partial charge on any atom is -0.467 e. The van der Waals surface area contributed by atoms with Crippen molar-refractivity contribution < 1.29 is 23.9 Å². The maximum Gasteiger partial charge on any atom is 0.331 e. The zero-order valence-corrected chi connectivity index (χ0v) is 15.1. The van der Waals surface area contributed by atoms with Crippen molar-refractivity contribution in [2.75, 3.05) is 13.7 Å². The third-order valence-corrected chi connectivity index (χ3v) is 3.36. The van der Waals surface area contributed by atoms with Crippen LogP contribution in [0.1, 0.15) is 31.4 Å². The highest BCUT2D eigenvalue weighted by Gasteiger charge is 2.22. The molecule has 1 N–H and O–H groups in total. The van der Waals surface area contributed by atoms with E-state index in [1.807, 2.05) is 45.0 Å². The Morgan fingerprint density at radius 2 is 1.80 bits per heavy atom. The van der Waals surface area contributed by atoms with Crippen LogP contribution in [0.15, 0.2) is 30.3 Å². The van der Waals surface area contributed by atoms with Gasteiger partial charge in [-0.3, -0.25) is 4.79 Å². The van der Waals surface area contributed by atoms with E-state index < -0.39 is 30.5 Å². The van der Waals surface area contributed by atoms with Crippen LogP contribution < -0.4 is 5.32 Å². The van der Waals surface area contributed by atoms with Gasteiger partial charge in [-0.15, -0.1) is 0 Å². The van der Waals surface area contributed by atoms with Crippen molar-refractivity contribution in [3.05, 3.63) is 41.5 Å². The standard InChI is InChI=1S/C19H25NO5/c1-13(2)11-16(19(23)24-4)20-17(21)12-25-18(22)10-9-15-7-5-14(3)6-8-15/h5-10,13,16H,11-12H2,1-4H3,(H,20,21)/b10-9+. The zero-order valence-electron chi connectivity index (χ0n) is 15.1. The summed E-state index contributed by atoms with van der Waals surface area (Å²) in [6.07, 6.45) is 3.30. The van der Waals surface area contributed by atoms with Gasteiger partial charge in [0.2, 0.25) is 0 Å². The van der Waals surface area contributed by atoms with Crippen LogP contribution in [-0.4, -0.2) is 37.6 Å². The minimum absolute atomic E-state index is 0.199. The smallest absolute Gasteiger partial charge is 0.331 e. The molecule has 0 saturated carbocycles. The molecule has 1 rings (SSSR count). The summed E-state index contributed by atoms with van der Waals surface area (Å²) >= 11 is 0. The van der Waals surface area contributed by atoms with Gasteiger partial charge in [0.05, 0.1) is 7.11 Å². The van der Waals surface area contributed by atoms with Gasteiger partial charge in [0.1, 0.15) is 6.04 Å². The van der Waals surface area contributed by atoms with E-state index in [9.17, 15) is 14.4 Å². The number of benzene rings is 1. The molecule has 1 atom stereocenters. The molecule has 0 saturated heterocycles. The second kappa shape index (κ2) is 10.3. The number of nitrogens with one attached hydrogen (secondary N) is 1. The first-order chi connectivity index (χ1) is 11.8. The van der Waals surface area contributed by atoms with E-state index in [1.54, 1.807) is 6.08 Å². The third-order valence-electron chi connectivity index (χ3n) is 3.36. The quantitative estimate of drug-likeness (QED) is 0.576. The van der Waals surface area contributed by atoms with Gasteiger partial charge in [0.15, 0.2) is 6.61 Å². The van der Waals surface area contributed by atoms with E-state index in [2.05, 4.69) is 10.1 Å². The lowest BCUT2D eigenvalue weighted by Gasteiger charge is -2.18. The summed E-state index contributed by atoms with van der Waals surface area (Å²) in [6, 6.07) is 6.86. The molecule has 1 amide bonds. The molecule has 1 aromatic carbocycles. The Balaban J connectivity index is 2.47. The van der Waals surface area contributed by atoms with Crippen LogP contribution in [0.5, 0.6) is 0 Å². The Labute approximate surface area is 148 Å². The van der Waals surface area contributed by atoms with Gasteiger partial charge in [0.25, 0.3) is 5.91 Å². The molecular formula is C19H25NO5. The number of hydrogen-bond acceptors (Lipinski definition) is 5. The zero-order chi connectivity index (χ0) is 18.8. The second-order valence-corrected chi connectivity index (χ2v) is 6.12. The van der Waals surface area contributed by atoms with E-state index in [4.69, 9.17) is 4.74 Å². The van der Waals surface area contributed by atoms with Crippen molar-refractivity contribution in [2.45, 2.75) is 33.2 Å². The SMILES string of the molecule is COC(=O)C(CC(C)C)NC(=O)COC(=O)/C=C/c1ccc(C)cc1. The number of aryl methyl sites for hydroxylation is 1.